The molecule has 16 heteroatoms. The maximum Gasteiger partial charge on any atom is 0.326 e. The van der Waals surface area contributed by atoms with Crippen molar-refractivity contribution in [1.29, 1.82) is 0 Å². The molecule has 0 heterocycles. The van der Waals surface area contributed by atoms with Crippen LogP contribution in [0.5, 0.6) is 5.75 Å². The van der Waals surface area contributed by atoms with Crippen LogP contribution in [0.15, 0.2) is 29.3 Å². The number of carboxylic acids is 2. The minimum atomic E-state index is -1.67. The molecule has 4 atom stereocenters. The van der Waals surface area contributed by atoms with Gasteiger partial charge >= 0.3 is 11.9 Å². The predicted molar refractivity (Wildman–Crippen MR) is 139 cm³/mol. The van der Waals surface area contributed by atoms with Gasteiger partial charge < -0.3 is 48.5 Å². The van der Waals surface area contributed by atoms with Crippen LogP contribution < -0.4 is 33.2 Å². The summed E-state index contributed by atoms with van der Waals surface area (Å²) in [6.45, 7) is 0.122. The number of benzene rings is 1. The summed E-state index contributed by atoms with van der Waals surface area (Å²) >= 11 is 3.94. The molecule has 0 aliphatic carbocycles. The number of nitrogens with one attached hydrogen (secondary N) is 3. The number of amides is 3. The zero-order chi connectivity index (χ0) is 28.8. The number of hydrogen-bond acceptors (Lipinski definition) is 9. The summed E-state index contributed by atoms with van der Waals surface area (Å²) in [7, 11) is 0. The van der Waals surface area contributed by atoms with Crippen molar-refractivity contribution in [3.63, 3.8) is 0 Å². The van der Waals surface area contributed by atoms with Crippen LogP contribution >= 0.6 is 12.6 Å². The normalized spacial score (nSPS) is 13.7. The Bertz CT molecular complexity index is 1020. The van der Waals surface area contributed by atoms with E-state index in [1.807, 2.05) is 0 Å². The number of nitrogens with two attached hydrogens (primary N) is 3. The Morgan fingerprint density at radius 2 is 1.45 bits per heavy atom. The number of phenolic OH excluding ortho intramolecular Hbond substituents is 1. The summed E-state index contributed by atoms with van der Waals surface area (Å²) in [5, 5.41) is 35.1. The number of aliphatic imine (C=N–C) groups is 1. The topological polar surface area (TPSA) is 273 Å². The number of aliphatic carboxylic acids is 2. The smallest absolute Gasteiger partial charge is 0.326 e. The molecule has 0 radical (unpaired) electrons. The molecule has 38 heavy (non-hydrogen) atoms. The minimum absolute atomic E-state index is 0.00760. The Hall–Kier alpha value is -4.05. The van der Waals surface area contributed by atoms with Gasteiger partial charge in [-0.3, -0.25) is 24.2 Å². The lowest BCUT2D eigenvalue weighted by Gasteiger charge is -2.24. The van der Waals surface area contributed by atoms with Crippen LogP contribution in [0.4, 0.5) is 0 Å². The lowest BCUT2D eigenvalue weighted by molar-refractivity contribution is -0.143. The fourth-order valence-electron chi connectivity index (χ4n) is 3.13. The monoisotopic (exact) mass is 555 g/mol. The zero-order valence-corrected chi connectivity index (χ0v) is 21.3. The lowest BCUT2D eigenvalue weighted by atomic mass is 10.0. The molecule has 0 aromatic heterocycles. The van der Waals surface area contributed by atoms with Crippen LogP contribution in [0.1, 0.15) is 24.8 Å². The first-order valence-electron chi connectivity index (χ1n) is 11.4. The molecule has 0 aliphatic heterocycles. The van der Waals surface area contributed by atoms with E-state index in [0.717, 1.165) is 0 Å². The van der Waals surface area contributed by atoms with E-state index in [4.69, 9.17) is 17.2 Å². The standard InChI is InChI=1S/C22H33N7O8S/c23-13(10-38)18(33)27-14(2-1-7-26-22(24)25)19(34)28-15(9-17(31)32)20(35)29-16(21(36)37)8-11-3-5-12(30)6-4-11/h3-6,13-16,30,38H,1-2,7-10,23H2,(H,27,33)(H,28,34)(H,29,35)(H,31,32)(H,36,37)(H4,24,25,26). The molecule has 4 unspecified atom stereocenters. The number of hydrogen-bond donors (Lipinski definition) is 10. The van der Waals surface area contributed by atoms with Crippen LogP contribution in [-0.4, -0.2) is 87.4 Å². The number of aromatic hydroxyl groups is 1. The van der Waals surface area contributed by atoms with E-state index >= 15 is 0 Å². The second-order valence-corrected chi connectivity index (χ2v) is 8.59. The van der Waals surface area contributed by atoms with Crippen molar-refractivity contribution in [3.05, 3.63) is 29.8 Å². The average molecular weight is 556 g/mol. The Balaban J connectivity index is 3.03. The second kappa shape index (κ2) is 15.9. The highest BCUT2D eigenvalue weighted by Crippen LogP contribution is 2.12. The van der Waals surface area contributed by atoms with Crippen molar-refractivity contribution in [3.8, 4) is 5.75 Å². The first kappa shape index (κ1) is 32.0. The van der Waals surface area contributed by atoms with Gasteiger partial charge in [-0.1, -0.05) is 12.1 Å². The summed E-state index contributed by atoms with van der Waals surface area (Å²) < 4.78 is 0. The van der Waals surface area contributed by atoms with Gasteiger partial charge in [-0.2, -0.15) is 12.6 Å². The SMILES string of the molecule is NC(N)=NCCCC(NC(=O)C(N)CS)C(=O)NC(CC(=O)O)C(=O)NC(Cc1ccc(O)cc1)C(=O)O. The summed E-state index contributed by atoms with van der Waals surface area (Å²) in [4.78, 5) is 65.0. The molecule has 12 N–H and O–H groups in total. The molecule has 15 nitrogen and oxygen atoms in total. The molecule has 0 aliphatic rings. The molecule has 0 bridgehead atoms. The van der Waals surface area contributed by atoms with E-state index in [-0.39, 0.29) is 43.3 Å². The lowest BCUT2D eigenvalue weighted by Crippen LogP contribution is -2.57. The van der Waals surface area contributed by atoms with Gasteiger partial charge in [0.2, 0.25) is 17.7 Å². The number of carboxylic acid groups (broad SMARTS) is 2. The molecule has 0 saturated heterocycles. The highest BCUT2D eigenvalue weighted by Gasteiger charge is 2.31. The van der Waals surface area contributed by atoms with Crippen LogP contribution in [-0.2, 0) is 30.4 Å². The van der Waals surface area contributed by atoms with Crippen molar-refractivity contribution >= 4 is 48.2 Å². The molecule has 0 saturated carbocycles. The highest BCUT2D eigenvalue weighted by atomic mass is 32.1. The Morgan fingerprint density at radius 1 is 0.895 bits per heavy atom. The maximum atomic E-state index is 13.0. The van der Waals surface area contributed by atoms with Crippen LogP contribution in [0.2, 0.25) is 0 Å². The second-order valence-electron chi connectivity index (χ2n) is 8.23. The molecule has 1 aromatic carbocycles. The van der Waals surface area contributed by atoms with E-state index < -0.39 is 60.2 Å². The van der Waals surface area contributed by atoms with E-state index in [9.17, 15) is 39.3 Å². The Morgan fingerprint density at radius 3 is 1.97 bits per heavy atom. The van der Waals surface area contributed by atoms with Gasteiger partial charge in [0.1, 0.15) is 23.9 Å². The summed E-state index contributed by atoms with van der Waals surface area (Å²) in [5.74, 6) is -5.75. The number of carbonyl (C=O) groups excluding carboxylic acids is 3. The summed E-state index contributed by atoms with van der Waals surface area (Å²) in [6, 6.07) is 0.175. The van der Waals surface area contributed by atoms with Crippen LogP contribution in [0.25, 0.3) is 0 Å². The van der Waals surface area contributed by atoms with Crippen molar-refractivity contribution in [1.82, 2.24) is 16.0 Å². The molecule has 1 aromatic rings. The van der Waals surface area contributed by atoms with Gasteiger partial charge in [0, 0.05) is 18.7 Å². The molecule has 0 fully saturated rings. The van der Waals surface area contributed by atoms with E-state index in [1.165, 1.54) is 24.3 Å². The first-order chi connectivity index (χ1) is 17.8. The largest absolute Gasteiger partial charge is 0.508 e. The Labute approximate surface area is 223 Å². The van der Waals surface area contributed by atoms with Crippen LogP contribution in [0.3, 0.4) is 0 Å². The van der Waals surface area contributed by atoms with Gasteiger partial charge in [-0.25, -0.2) is 4.79 Å². The quantitative estimate of drug-likeness (QED) is 0.0432. The van der Waals surface area contributed by atoms with E-state index in [1.54, 1.807) is 0 Å². The third kappa shape index (κ3) is 11.8. The molecule has 210 valence electrons. The molecule has 3 amide bonds. The number of guanidine groups is 1. The van der Waals surface area contributed by atoms with Gasteiger partial charge in [0.05, 0.1) is 12.5 Å². The fraction of sp³-hybridized carbons (Fsp3) is 0.455. The molecular formula is C22H33N7O8S. The van der Waals surface area contributed by atoms with E-state index in [2.05, 4.69) is 33.6 Å². The summed E-state index contributed by atoms with van der Waals surface area (Å²) in [6.07, 6.45) is -0.808. The third-order valence-corrected chi connectivity index (χ3v) is 5.51. The Kier molecular flexibility index (Phi) is 13.4. The van der Waals surface area contributed by atoms with Gasteiger partial charge in [0.25, 0.3) is 0 Å². The van der Waals surface area contributed by atoms with Crippen molar-refractivity contribution in [2.24, 2.45) is 22.2 Å². The van der Waals surface area contributed by atoms with Crippen molar-refractivity contribution in [2.75, 3.05) is 12.3 Å². The van der Waals surface area contributed by atoms with Gasteiger partial charge in [-0.05, 0) is 30.5 Å². The maximum absolute atomic E-state index is 13.0. The average Bonchev–Trinajstić information content (AvgIpc) is 2.84. The number of rotatable bonds is 16. The predicted octanol–water partition coefficient (Wildman–Crippen LogP) is -2.74. The van der Waals surface area contributed by atoms with Gasteiger partial charge in [0.15, 0.2) is 5.96 Å². The number of carbonyl (C=O) groups is 5. The highest BCUT2D eigenvalue weighted by molar-refractivity contribution is 7.80. The van der Waals surface area contributed by atoms with Gasteiger partial charge in [-0.15, -0.1) is 0 Å². The first-order valence-corrected chi connectivity index (χ1v) is 12.0. The van der Waals surface area contributed by atoms with Crippen molar-refractivity contribution < 1.29 is 39.3 Å². The van der Waals surface area contributed by atoms with Crippen LogP contribution in [0, 0.1) is 0 Å². The zero-order valence-electron chi connectivity index (χ0n) is 20.4. The third-order valence-electron chi connectivity index (χ3n) is 5.11. The number of thiol groups is 1. The fourth-order valence-corrected chi connectivity index (χ4v) is 3.30. The minimum Gasteiger partial charge on any atom is -0.508 e. The number of nitrogens with zero attached hydrogens (tertiary/aromatic N) is 1. The molecular weight excluding hydrogens is 522 g/mol. The molecule has 1 rings (SSSR count). The van der Waals surface area contributed by atoms with E-state index in [0.29, 0.717) is 5.56 Å². The molecule has 0 spiro atoms. The summed E-state index contributed by atoms with van der Waals surface area (Å²) in [5.41, 5.74) is 16.7. The number of phenols is 1. The van der Waals surface area contributed by atoms with Crippen molar-refractivity contribution in [2.45, 2.75) is 49.9 Å².